The monoisotopic (exact) mass is 243 g/mol. The first kappa shape index (κ1) is 12.4. The van der Waals surface area contributed by atoms with Crippen LogP contribution < -0.4 is 5.32 Å². The Morgan fingerprint density at radius 3 is 2.61 bits per heavy atom. The van der Waals surface area contributed by atoms with E-state index in [-0.39, 0.29) is 5.91 Å². The fourth-order valence-corrected chi connectivity index (χ4v) is 1.98. The van der Waals surface area contributed by atoms with Crippen LogP contribution in [0, 0.1) is 13.8 Å². The van der Waals surface area contributed by atoms with E-state index in [2.05, 4.69) is 12.2 Å². The number of carbonyl (C=O) groups excluding carboxylic acids is 1. The van der Waals surface area contributed by atoms with Crippen LogP contribution in [0.1, 0.15) is 34.2 Å². The summed E-state index contributed by atoms with van der Waals surface area (Å²) in [5.41, 5.74) is 3.93. The molecule has 0 aliphatic rings. The predicted molar refractivity (Wildman–Crippen MR) is 72.0 cm³/mol. The Morgan fingerprint density at radius 2 is 2.00 bits per heavy atom. The molecular formula is C15H17NO2. The van der Waals surface area contributed by atoms with E-state index in [9.17, 15) is 4.79 Å². The Hall–Kier alpha value is -2.03. The molecule has 1 amide bonds. The van der Waals surface area contributed by atoms with Gasteiger partial charge in [0.25, 0.3) is 5.91 Å². The molecule has 3 nitrogen and oxygen atoms in total. The number of hydrogen-bond donors (Lipinski definition) is 1. The van der Waals surface area contributed by atoms with E-state index < -0.39 is 0 Å². The molecule has 2 rings (SSSR count). The second kappa shape index (κ2) is 5.08. The molecule has 1 N–H and O–H groups in total. The summed E-state index contributed by atoms with van der Waals surface area (Å²) in [6.45, 7) is 5.92. The lowest BCUT2D eigenvalue weighted by molar-refractivity contribution is 0.0995. The molecule has 18 heavy (non-hydrogen) atoms. The number of nitrogens with one attached hydrogen (secondary N) is 1. The highest BCUT2D eigenvalue weighted by molar-refractivity contribution is 6.04. The van der Waals surface area contributed by atoms with E-state index in [0.29, 0.717) is 5.76 Å². The van der Waals surface area contributed by atoms with E-state index in [1.54, 1.807) is 6.07 Å². The van der Waals surface area contributed by atoms with Gasteiger partial charge in [-0.25, -0.2) is 0 Å². The number of furan rings is 1. The molecule has 0 fully saturated rings. The molecule has 0 unspecified atom stereocenters. The van der Waals surface area contributed by atoms with E-state index >= 15 is 0 Å². The van der Waals surface area contributed by atoms with Gasteiger partial charge >= 0.3 is 0 Å². The molecule has 94 valence electrons. The molecular weight excluding hydrogens is 226 g/mol. The first-order valence-electron chi connectivity index (χ1n) is 6.07. The minimum absolute atomic E-state index is 0.193. The molecule has 0 saturated heterocycles. The van der Waals surface area contributed by atoms with Gasteiger partial charge in [0.05, 0.1) is 6.26 Å². The van der Waals surface area contributed by atoms with Gasteiger partial charge in [-0.05, 0) is 37.5 Å². The number of anilines is 1. The smallest absolute Gasteiger partial charge is 0.291 e. The van der Waals surface area contributed by atoms with Crippen molar-refractivity contribution in [2.75, 3.05) is 5.32 Å². The number of carbonyl (C=O) groups is 1. The Bertz CT molecular complexity index is 570. The van der Waals surface area contributed by atoms with Crippen LogP contribution in [0.2, 0.25) is 0 Å². The fourth-order valence-electron chi connectivity index (χ4n) is 1.98. The maximum absolute atomic E-state index is 12.1. The highest BCUT2D eigenvalue weighted by Crippen LogP contribution is 2.22. The van der Waals surface area contributed by atoms with Gasteiger partial charge < -0.3 is 9.73 Å². The number of benzene rings is 1. The summed E-state index contributed by atoms with van der Waals surface area (Å²) < 4.78 is 5.20. The average molecular weight is 243 g/mol. The molecule has 0 aliphatic heterocycles. The van der Waals surface area contributed by atoms with Crippen LogP contribution in [-0.2, 0) is 6.42 Å². The van der Waals surface area contributed by atoms with Crippen LogP contribution in [0.15, 0.2) is 34.9 Å². The molecule has 1 aromatic heterocycles. The van der Waals surface area contributed by atoms with Gasteiger partial charge in [-0.3, -0.25) is 4.79 Å². The molecule has 0 aliphatic carbocycles. The number of hydrogen-bond acceptors (Lipinski definition) is 2. The number of para-hydroxylation sites is 1. The maximum Gasteiger partial charge on any atom is 0.291 e. The predicted octanol–water partition coefficient (Wildman–Crippen LogP) is 3.71. The zero-order chi connectivity index (χ0) is 13.1. The summed E-state index contributed by atoms with van der Waals surface area (Å²) in [7, 11) is 0. The van der Waals surface area contributed by atoms with Crippen molar-refractivity contribution in [3.63, 3.8) is 0 Å². The van der Waals surface area contributed by atoms with Gasteiger partial charge in [0.1, 0.15) is 0 Å². The molecule has 0 atom stereocenters. The van der Waals surface area contributed by atoms with E-state index in [1.165, 1.54) is 6.26 Å². The summed E-state index contributed by atoms with van der Waals surface area (Å²) >= 11 is 0. The summed E-state index contributed by atoms with van der Waals surface area (Å²) in [6, 6.07) is 7.80. The average Bonchev–Trinajstić information content (AvgIpc) is 2.78. The third-order valence-electron chi connectivity index (χ3n) is 3.05. The lowest BCUT2D eigenvalue weighted by atomic mass is 10.1. The van der Waals surface area contributed by atoms with Crippen molar-refractivity contribution >= 4 is 11.6 Å². The van der Waals surface area contributed by atoms with Gasteiger partial charge in [0.2, 0.25) is 0 Å². The SMILES string of the molecule is CCc1cccc(C)c1NC(=O)c1occc1C. The molecule has 1 heterocycles. The van der Waals surface area contributed by atoms with E-state index in [1.807, 2.05) is 32.0 Å². The molecule has 2 aromatic rings. The molecule has 0 radical (unpaired) electrons. The lowest BCUT2D eigenvalue weighted by Crippen LogP contribution is -2.14. The Kier molecular flexibility index (Phi) is 3.51. The molecule has 0 saturated carbocycles. The van der Waals surface area contributed by atoms with Crippen molar-refractivity contribution in [1.29, 1.82) is 0 Å². The van der Waals surface area contributed by atoms with Crippen LogP contribution in [0.4, 0.5) is 5.69 Å². The number of amides is 1. The van der Waals surface area contributed by atoms with Crippen molar-refractivity contribution in [3.8, 4) is 0 Å². The quantitative estimate of drug-likeness (QED) is 0.892. The molecule has 1 aromatic carbocycles. The highest BCUT2D eigenvalue weighted by Gasteiger charge is 2.15. The zero-order valence-electron chi connectivity index (χ0n) is 10.9. The molecule has 0 spiro atoms. The number of rotatable bonds is 3. The second-order valence-electron chi connectivity index (χ2n) is 4.35. The van der Waals surface area contributed by atoms with Gasteiger partial charge in [0, 0.05) is 11.3 Å². The minimum atomic E-state index is -0.193. The van der Waals surface area contributed by atoms with Gasteiger partial charge in [0.15, 0.2) is 5.76 Å². The van der Waals surface area contributed by atoms with Crippen molar-refractivity contribution in [2.45, 2.75) is 27.2 Å². The fraction of sp³-hybridized carbons (Fsp3) is 0.267. The Morgan fingerprint density at radius 1 is 1.22 bits per heavy atom. The van der Waals surface area contributed by atoms with Crippen LogP contribution in [0.5, 0.6) is 0 Å². The standard InChI is InChI=1S/C15H17NO2/c1-4-12-7-5-6-10(2)13(12)16-15(17)14-11(3)8-9-18-14/h5-9H,4H2,1-3H3,(H,16,17). The van der Waals surface area contributed by atoms with Crippen LogP contribution in [0.3, 0.4) is 0 Å². The third-order valence-corrected chi connectivity index (χ3v) is 3.05. The largest absolute Gasteiger partial charge is 0.459 e. The Labute approximate surface area is 107 Å². The molecule has 3 heteroatoms. The topological polar surface area (TPSA) is 42.2 Å². The van der Waals surface area contributed by atoms with Crippen molar-refractivity contribution < 1.29 is 9.21 Å². The van der Waals surface area contributed by atoms with Crippen LogP contribution in [-0.4, -0.2) is 5.91 Å². The third kappa shape index (κ3) is 2.30. The molecule has 0 bridgehead atoms. The van der Waals surface area contributed by atoms with Crippen LogP contribution in [0.25, 0.3) is 0 Å². The first-order chi connectivity index (χ1) is 8.63. The van der Waals surface area contributed by atoms with E-state index in [0.717, 1.165) is 28.8 Å². The first-order valence-corrected chi connectivity index (χ1v) is 6.07. The summed E-state index contributed by atoms with van der Waals surface area (Å²) in [5.74, 6) is 0.182. The maximum atomic E-state index is 12.1. The van der Waals surface area contributed by atoms with Gasteiger partial charge in [-0.2, -0.15) is 0 Å². The van der Waals surface area contributed by atoms with Crippen LogP contribution >= 0.6 is 0 Å². The normalized spacial score (nSPS) is 10.4. The summed E-state index contributed by atoms with van der Waals surface area (Å²) in [6.07, 6.45) is 2.41. The Balaban J connectivity index is 2.30. The second-order valence-corrected chi connectivity index (χ2v) is 4.35. The van der Waals surface area contributed by atoms with Gasteiger partial charge in [-0.15, -0.1) is 0 Å². The van der Waals surface area contributed by atoms with E-state index in [4.69, 9.17) is 4.42 Å². The zero-order valence-corrected chi connectivity index (χ0v) is 10.9. The highest BCUT2D eigenvalue weighted by atomic mass is 16.3. The lowest BCUT2D eigenvalue weighted by Gasteiger charge is -2.12. The summed E-state index contributed by atoms with van der Waals surface area (Å²) in [4.78, 5) is 12.1. The van der Waals surface area contributed by atoms with Crippen molar-refractivity contribution in [3.05, 3.63) is 53.0 Å². The van der Waals surface area contributed by atoms with Gasteiger partial charge in [-0.1, -0.05) is 25.1 Å². The number of aryl methyl sites for hydroxylation is 3. The van der Waals surface area contributed by atoms with Crippen molar-refractivity contribution in [2.24, 2.45) is 0 Å². The minimum Gasteiger partial charge on any atom is -0.459 e. The summed E-state index contributed by atoms with van der Waals surface area (Å²) in [5, 5.41) is 2.94. The van der Waals surface area contributed by atoms with Crippen molar-refractivity contribution in [1.82, 2.24) is 0 Å².